The number of likely N-dealkylation sites (tertiary alicyclic amines) is 1. The molecule has 0 saturated carbocycles. The monoisotopic (exact) mass is 347 g/mol. The predicted molar refractivity (Wildman–Crippen MR) is 96.9 cm³/mol. The van der Waals surface area contributed by atoms with Gasteiger partial charge >= 0.3 is 6.03 Å². The number of hydrogen-bond donors (Lipinski definition) is 1. The Morgan fingerprint density at radius 2 is 1.84 bits per heavy atom. The zero-order chi connectivity index (χ0) is 17.5. The van der Waals surface area contributed by atoms with Crippen LogP contribution in [0, 0.1) is 0 Å². The van der Waals surface area contributed by atoms with Gasteiger partial charge in [-0.2, -0.15) is 0 Å². The van der Waals surface area contributed by atoms with Gasteiger partial charge in [-0.05, 0) is 50.6 Å². The first-order valence-electron chi connectivity index (χ1n) is 9.35. The first-order chi connectivity index (χ1) is 12.3. The van der Waals surface area contributed by atoms with Gasteiger partial charge in [0.25, 0.3) is 0 Å². The normalized spacial score (nSPS) is 19.6. The molecule has 2 saturated heterocycles. The van der Waals surface area contributed by atoms with Crippen molar-refractivity contribution >= 4 is 6.03 Å². The highest BCUT2D eigenvalue weighted by Crippen LogP contribution is 2.26. The number of ether oxygens (including phenoxy) is 2. The maximum atomic E-state index is 12.4. The van der Waals surface area contributed by atoms with E-state index in [0.29, 0.717) is 39.5 Å². The van der Waals surface area contributed by atoms with E-state index >= 15 is 0 Å². The van der Waals surface area contributed by atoms with Gasteiger partial charge in [0.1, 0.15) is 5.75 Å². The molecule has 2 heterocycles. The first-order valence-corrected chi connectivity index (χ1v) is 9.35. The van der Waals surface area contributed by atoms with Crippen LogP contribution >= 0.6 is 0 Å². The number of morpholine rings is 1. The minimum atomic E-state index is 0.0124. The second kappa shape index (κ2) is 9.06. The van der Waals surface area contributed by atoms with Crippen LogP contribution in [0.1, 0.15) is 31.4 Å². The summed E-state index contributed by atoms with van der Waals surface area (Å²) >= 11 is 0. The summed E-state index contributed by atoms with van der Waals surface area (Å²) in [6.45, 7) is 8.06. The smallest absolute Gasteiger partial charge is 0.317 e. The minimum Gasteiger partial charge on any atom is -0.494 e. The summed E-state index contributed by atoms with van der Waals surface area (Å²) in [5.74, 6) is 0.892. The number of benzene rings is 1. The molecule has 2 amide bonds. The summed E-state index contributed by atoms with van der Waals surface area (Å²) in [5.41, 5.74) is 1.23. The fourth-order valence-electron chi connectivity index (χ4n) is 3.53. The standard InChI is InChI=1S/C19H29N3O3/c1-2-25-17-7-5-16(6-8-17)18(21-9-3-4-10-21)15-20-19(23)22-11-13-24-14-12-22/h5-8,18H,2-4,9-15H2,1H3,(H,20,23). The van der Waals surface area contributed by atoms with Gasteiger partial charge in [-0.25, -0.2) is 4.79 Å². The number of hydrogen-bond acceptors (Lipinski definition) is 4. The summed E-state index contributed by atoms with van der Waals surface area (Å²) in [6.07, 6.45) is 2.45. The van der Waals surface area contributed by atoms with Gasteiger partial charge in [0.2, 0.25) is 0 Å². The van der Waals surface area contributed by atoms with Crippen LogP contribution in [0.15, 0.2) is 24.3 Å². The number of nitrogens with zero attached hydrogens (tertiary/aromatic N) is 2. The van der Waals surface area contributed by atoms with Crippen molar-refractivity contribution in [1.82, 2.24) is 15.1 Å². The molecule has 1 unspecified atom stereocenters. The number of carbonyl (C=O) groups is 1. The number of carbonyl (C=O) groups excluding carboxylic acids is 1. The van der Waals surface area contributed by atoms with E-state index in [2.05, 4.69) is 22.3 Å². The second-order valence-electron chi connectivity index (χ2n) is 6.55. The fraction of sp³-hybridized carbons (Fsp3) is 0.632. The second-order valence-corrected chi connectivity index (χ2v) is 6.55. The largest absolute Gasteiger partial charge is 0.494 e. The van der Waals surface area contributed by atoms with E-state index in [-0.39, 0.29) is 12.1 Å². The van der Waals surface area contributed by atoms with Gasteiger partial charge in [0.15, 0.2) is 0 Å². The highest BCUT2D eigenvalue weighted by atomic mass is 16.5. The Hall–Kier alpha value is -1.79. The molecule has 1 N–H and O–H groups in total. The molecule has 0 spiro atoms. The molecule has 2 aliphatic heterocycles. The van der Waals surface area contributed by atoms with Crippen molar-refractivity contribution in [2.75, 3.05) is 52.5 Å². The Morgan fingerprint density at radius 1 is 1.16 bits per heavy atom. The van der Waals surface area contributed by atoms with Crippen molar-refractivity contribution in [3.8, 4) is 5.75 Å². The Bertz CT molecular complexity index is 537. The fourth-order valence-corrected chi connectivity index (χ4v) is 3.53. The lowest BCUT2D eigenvalue weighted by Crippen LogP contribution is -2.48. The average Bonchev–Trinajstić information content (AvgIpc) is 3.18. The summed E-state index contributed by atoms with van der Waals surface area (Å²) in [4.78, 5) is 16.7. The maximum absolute atomic E-state index is 12.4. The third-order valence-electron chi connectivity index (χ3n) is 4.90. The summed E-state index contributed by atoms with van der Waals surface area (Å²) < 4.78 is 10.9. The van der Waals surface area contributed by atoms with E-state index in [0.717, 1.165) is 18.8 Å². The molecule has 25 heavy (non-hydrogen) atoms. The molecule has 6 heteroatoms. The Kier molecular flexibility index (Phi) is 6.53. The highest BCUT2D eigenvalue weighted by molar-refractivity contribution is 5.74. The number of nitrogens with one attached hydrogen (secondary N) is 1. The lowest BCUT2D eigenvalue weighted by atomic mass is 10.1. The van der Waals surface area contributed by atoms with Crippen LogP contribution in [-0.4, -0.2) is 68.4 Å². The third kappa shape index (κ3) is 4.86. The van der Waals surface area contributed by atoms with E-state index in [1.54, 1.807) is 0 Å². The molecular weight excluding hydrogens is 318 g/mol. The molecule has 0 aliphatic carbocycles. The number of urea groups is 1. The summed E-state index contributed by atoms with van der Waals surface area (Å²) in [5, 5.41) is 3.13. The van der Waals surface area contributed by atoms with Crippen LogP contribution in [0.2, 0.25) is 0 Å². The van der Waals surface area contributed by atoms with E-state index in [1.807, 2.05) is 24.0 Å². The molecule has 1 atom stereocenters. The molecule has 3 rings (SSSR count). The van der Waals surface area contributed by atoms with E-state index in [1.165, 1.54) is 18.4 Å². The summed E-state index contributed by atoms with van der Waals surface area (Å²) in [6, 6.07) is 8.50. The molecule has 1 aromatic carbocycles. The Labute approximate surface area is 150 Å². The average molecular weight is 347 g/mol. The quantitative estimate of drug-likeness (QED) is 0.858. The van der Waals surface area contributed by atoms with Crippen LogP contribution in [-0.2, 0) is 4.74 Å². The van der Waals surface area contributed by atoms with Crippen LogP contribution in [0.3, 0.4) is 0 Å². The zero-order valence-electron chi connectivity index (χ0n) is 15.1. The Balaban J connectivity index is 1.63. The van der Waals surface area contributed by atoms with Crippen molar-refractivity contribution in [3.63, 3.8) is 0 Å². The van der Waals surface area contributed by atoms with E-state index in [4.69, 9.17) is 9.47 Å². The Morgan fingerprint density at radius 3 is 2.48 bits per heavy atom. The molecule has 0 aromatic heterocycles. The van der Waals surface area contributed by atoms with Crippen LogP contribution in [0.4, 0.5) is 4.79 Å². The lowest BCUT2D eigenvalue weighted by molar-refractivity contribution is 0.0527. The highest BCUT2D eigenvalue weighted by Gasteiger charge is 2.25. The van der Waals surface area contributed by atoms with Gasteiger partial charge in [-0.15, -0.1) is 0 Å². The number of rotatable bonds is 6. The number of amides is 2. The molecule has 0 bridgehead atoms. The van der Waals surface area contributed by atoms with Crippen LogP contribution in [0.5, 0.6) is 5.75 Å². The molecule has 6 nitrogen and oxygen atoms in total. The third-order valence-corrected chi connectivity index (χ3v) is 4.90. The van der Waals surface area contributed by atoms with Gasteiger partial charge in [-0.1, -0.05) is 12.1 Å². The lowest BCUT2D eigenvalue weighted by Gasteiger charge is -2.31. The van der Waals surface area contributed by atoms with Crippen molar-refractivity contribution in [3.05, 3.63) is 29.8 Å². The topological polar surface area (TPSA) is 54.0 Å². The van der Waals surface area contributed by atoms with Crippen LogP contribution in [0.25, 0.3) is 0 Å². The molecule has 2 aliphatic rings. The maximum Gasteiger partial charge on any atom is 0.317 e. The van der Waals surface area contributed by atoms with E-state index < -0.39 is 0 Å². The van der Waals surface area contributed by atoms with Crippen molar-refractivity contribution in [2.45, 2.75) is 25.8 Å². The molecular formula is C19H29N3O3. The van der Waals surface area contributed by atoms with Crippen LogP contribution < -0.4 is 10.1 Å². The van der Waals surface area contributed by atoms with E-state index in [9.17, 15) is 4.79 Å². The van der Waals surface area contributed by atoms with Crippen molar-refractivity contribution in [2.24, 2.45) is 0 Å². The van der Waals surface area contributed by atoms with Gasteiger partial charge < -0.3 is 19.7 Å². The molecule has 138 valence electrons. The molecule has 0 radical (unpaired) electrons. The first kappa shape index (κ1) is 18.0. The molecule has 1 aromatic rings. The van der Waals surface area contributed by atoms with Gasteiger partial charge in [0.05, 0.1) is 25.9 Å². The SMILES string of the molecule is CCOc1ccc(C(CNC(=O)N2CCOCC2)N2CCCC2)cc1. The van der Waals surface area contributed by atoms with Gasteiger partial charge in [0, 0.05) is 19.6 Å². The van der Waals surface area contributed by atoms with Crippen molar-refractivity contribution < 1.29 is 14.3 Å². The molecule has 2 fully saturated rings. The van der Waals surface area contributed by atoms with Crippen molar-refractivity contribution in [1.29, 1.82) is 0 Å². The summed E-state index contributed by atoms with van der Waals surface area (Å²) in [7, 11) is 0. The zero-order valence-corrected chi connectivity index (χ0v) is 15.1. The predicted octanol–water partition coefficient (Wildman–Crippen LogP) is 2.26. The van der Waals surface area contributed by atoms with Gasteiger partial charge in [-0.3, -0.25) is 4.90 Å². The minimum absolute atomic E-state index is 0.0124.